The van der Waals surface area contributed by atoms with E-state index < -0.39 is 11.7 Å². The van der Waals surface area contributed by atoms with E-state index in [9.17, 15) is 13.2 Å². The topological polar surface area (TPSA) is 13.1 Å². The van der Waals surface area contributed by atoms with Gasteiger partial charge in [0.1, 0.15) is 5.56 Å². The molecule has 0 aliphatic heterocycles. The number of alkyl halides is 3. The Labute approximate surface area is 95.8 Å². The van der Waals surface area contributed by atoms with Crippen LogP contribution in [0.15, 0.2) is 54.9 Å². The Hall–Kier alpha value is -2.04. The van der Waals surface area contributed by atoms with Crippen molar-refractivity contribution >= 4 is 0 Å². The fraction of sp³-hybridized carbons (Fsp3) is 0.0833. The second-order valence-electron chi connectivity index (χ2n) is 3.32. The quantitative estimate of drug-likeness (QED) is 0.736. The maximum absolute atomic E-state index is 12.7. The minimum atomic E-state index is -4.42. The number of aromatic nitrogens is 1. The zero-order valence-corrected chi connectivity index (χ0v) is 8.69. The highest BCUT2D eigenvalue weighted by Crippen LogP contribution is 2.35. The predicted molar refractivity (Wildman–Crippen MR) is 54.1 cm³/mol. The van der Waals surface area contributed by atoms with Gasteiger partial charge >= 0.3 is 6.18 Å². The summed E-state index contributed by atoms with van der Waals surface area (Å²) >= 11 is 0. The van der Waals surface area contributed by atoms with E-state index in [1.165, 1.54) is 35.3 Å². The number of benzene rings is 1. The van der Waals surface area contributed by atoms with Crippen molar-refractivity contribution in [2.45, 2.75) is 6.18 Å². The Balaban J connectivity index is 2.34. The molecule has 1 heterocycles. The van der Waals surface area contributed by atoms with Gasteiger partial charge in [-0.15, -0.1) is 0 Å². The summed E-state index contributed by atoms with van der Waals surface area (Å²) in [7, 11) is 0. The second-order valence-corrected chi connectivity index (χ2v) is 3.32. The van der Waals surface area contributed by atoms with Gasteiger partial charge in [0.25, 0.3) is 0 Å². The van der Waals surface area contributed by atoms with Crippen LogP contribution in [0.4, 0.5) is 13.2 Å². The van der Waals surface area contributed by atoms with Crippen LogP contribution in [0, 0.1) is 0 Å². The average Bonchev–Trinajstić information content (AvgIpc) is 2.30. The summed E-state index contributed by atoms with van der Waals surface area (Å²) < 4.78 is 39.2. The molecule has 2 nitrogen and oxygen atoms in total. The Morgan fingerprint density at radius 3 is 2.18 bits per heavy atom. The molecule has 1 aromatic heterocycles. The number of hydrogen-bond donors (Lipinski definition) is 0. The molecule has 0 unspecified atom stereocenters. The number of pyridine rings is 1. The molecular formula is C12H9F3NO+. The third-order valence-electron chi connectivity index (χ3n) is 2.08. The summed E-state index contributed by atoms with van der Waals surface area (Å²) in [6.45, 7) is 0. The highest BCUT2D eigenvalue weighted by atomic mass is 19.4. The van der Waals surface area contributed by atoms with E-state index in [0.717, 1.165) is 6.07 Å². The molecule has 0 N–H and O–H groups in total. The molecule has 0 aliphatic rings. The number of rotatable bonds is 2. The number of halogens is 3. The molecule has 0 aliphatic carbocycles. The van der Waals surface area contributed by atoms with Crippen LogP contribution in [0.3, 0.4) is 0 Å². The normalized spacial score (nSPS) is 11.2. The van der Waals surface area contributed by atoms with Gasteiger partial charge in [-0.2, -0.15) is 13.2 Å². The molecule has 1 aromatic carbocycles. The molecule has 17 heavy (non-hydrogen) atoms. The Bertz CT molecular complexity index is 497. The van der Waals surface area contributed by atoms with Crippen molar-refractivity contribution < 1.29 is 22.7 Å². The number of para-hydroxylation sites is 1. The lowest BCUT2D eigenvalue weighted by Crippen LogP contribution is -2.39. The summed E-state index contributed by atoms with van der Waals surface area (Å²) in [5, 5.41) is 0. The van der Waals surface area contributed by atoms with Crippen LogP contribution in [-0.2, 0) is 6.18 Å². The van der Waals surface area contributed by atoms with E-state index in [2.05, 4.69) is 0 Å². The molecule has 88 valence electrons. The van der Waals surface area contributed by atoms with Gasteiger partial charge in [0.05, 0.1) is 0 Å². The SMILES string of the molecule is FC(F)(F)c1ccccc1O[n+]1ccccc1. The zero-order chi connectivity index (χ0) is 12.3. The van der Waals surface area contributed by atoms with Crippen molar-refractivity contribution in [2.75, 3.05) is 0 Å². The molecule has 0 spiro atoms. The molecule has 0 radical (unpaired) electrons. The molecule has 0 saturated carbocycles. The Kier molecular flexibility index (Phi) is 2.99. The van der Waals surface area contributed by atoms with Gasteiger partial charge in [0.15, 0.2) is 0 Å². The van der Waals surface area contributed by atoms with Gasteiger partial charge in [0, 0.05) is 16.9 Å². The van der Waals surface area contributed by atoms with Gasteiger partial charge in [0.2, 0.25) is 18.1 Å². The van der Waals surface area contributed by atoms with Gasteiger partial charge in [-0.05, 0) is 12.1 Å². The first-order chi connectivity index (χ1) is 8.07. The highest BCUT2D eigenvalue weighted by Gasteiger charge is 2.35. The zero-order valence-electron chi connectivity index (χ0n) is 8.69. The maximum Gasteiger partial charge on any atom is 0.420 e. The highest BCUT2D eigenvalue weighted by molar-refractivity contribution is 5.34. The van der Waals surface area contributed by atoms with Gasteiger partial charge in [-0.25, -0.2) is 4.84 Å². The Morgan fingerprint density at radius 1 is 0.882 bits per heavy atom. The smallest absolute Gasteiger partial charge is 0.231 e. The van der Waals surface area contributed by atoms with E-state index in [0.29, 0.717) is 0 Å². The summed E-state index contributed by atoms with van der Waals surface area (Å²) in [5.74, 6) is -0.226. The summed E-state index contributed by atoms with van der Waals surface area (Å²) in [6, 6.07) is 10.2. The molecule has 0 saturated heterocycles. The summed E-state index contributed by atoms with van der Waals surface area (Å²) in [5.41, 5.74) is -0.795. The van der Waals surface area contributed by atoms with Crippen LogP contribution in [0.1, 0.15) is 5.56 Å². The second kappa shape index (κ2) is 4.45. The van der Waals surface area contributed by atoms with Crippen LogP contribution in [-0.4, -0.2) is 0 Å². The van der Waals surface area contributed by atoms with E-state index in [-0.39, 0.29) is 5.75 Å². The van der Waals surface area contributed by atoms with Crippen LogP contribution < -0.4 is 9.57 Å². The lowest BCUT2D eigenvalue weighted by Gasteiger charge is -2.08. The minimum absolute atomic E-state index is 0.226. The summed E-state index contributed by atoms with van der Waals surface area (Å²) in [4.78, 5) is 5.13. The number of nitrogens with zero attached hydrogens (tertiary/aromatic N) is 1. The first-order valence-corrected chi connectivity index (χ1v) is 4.88. The third-order valence-corrected chi connectivity index (χ3v) is 2.08. The molecule has 2 aromatic rings. The Morgan fingerprint density at radius 2 is 1.53 bits per heavy atom. The van der Waals surface area contributed by atoms with Crippen molar-refractivity contribution in [2.24, 2.45) is 0 Å². The predicted octanol–water partition coefficient (Wildman–Crippen LogP) is 2.84. The maximum atomic E-state index is 12.7. The van der Waals surface area contributed by atoms with E-state index in [4.69, 9.17) is 4.84 Å². The van der Waals surface area contributed by atoms with E-state index in [1.54, 1.807) is 18.2 Å². The van der Waals surface area contributed by atoms with Gasteiger partial charge in [-0.3, -0.25) is 0 Å². The first-order valence-electron chi connectivity index (χ1n) is 4.88. The van der Waals surface area contributed by atoms with E-state index >= 15 is 0 Å². The van der Waals surface area contributed by atoms with Gasteiger partial charge in [-0.1, -0.05) is 18.2 Å². The molecule has 2 rings (SSSR count). The molecule has 0 amide bonds. The van der Waals surface area contributed by atoms with E-state index in [1.807, 2.05) is 0 Å². The van der Waals surface area contributed by atoms with Crippen molar-refractivity contribution in [3.8, 4) is 5.75 Å². The van der Waals surface area contributed by atoms with Crippen molar-refractivity contribution in [1.29, 1.82) is 0 Å². The first kappa shape index (κ1) is 11.4. The third kappa shape index (κ3) is 2.75. The monoisotopic (exact) mass is 240 g/mol. The van der Waals surface area contributed by atoms with Crippen LogP contribution in [0.5, 0.6) is 5.75 Å². The molecular weight excluding hydrogens is 231 g/mol. The lowest BCUT2D eigenvalue weighted by molar-refractivity contribution is -0.875. The van der Waals surface area contributed by atoms with Crippen LogP contribution in [0.25, 0.3) is 0 Å². The van der Waals surface area contributed by atoms with Crippen molar-refractivity contribution in [3.05, 3.63) is 60.4 Å². The van der Waals surface area contributed by atoms with Crippen LogP contribution in [0.2, 0.25) is 0 Å². The fourth-order valence-electron chi connectivity index (χ4n) is 1.34. The number of hydrogen-bond acceptors (Lipinski definition) is 1. The van der Waals surface area contributed by atoms with Crippen molar-refractivity contribution in [1.82, 2.24) is 0 Å². The van der Waals surface area contributed by atoms with Crippen molar-refractivity contribution in [3.63, 3.8) is 0 Å². The molecule has 0 fully saturated rings. The van der Waals surface area contributed by atoms with Crippen LogP contribution >= 0.6 is 0 Å². The molecule has 0 bridgehead atoms. The standard InChI is InChI=1S/C12H9F3NO/c13-12(14,15)10-6-2-3-7-11(10)17-16-8-4-1-5-9-16/h1-9H/q+1. The molecule has 5 heteroatoms. The fourth-order valence-corrected chi connectivity index (χ4v) is 1.34. The lowest BCUT2D eigenvalue weighted by atomic mass is 10.2. The minimum Gasteiger partial charge on any atom is -0.231 e. The molecule has 0 atom stereocenters. The van der Waals surface area contributed by atoms with Gasteiger partial charge < -0.3 is 0 Å². The summed E-state index contributed by atoms with van der Waals surface area (Å²) in [6.07, 6.45) is -1.38. The average molecular weight is 240 g/mol. The largest absolute Gasteiger partial charge is 0.420 e.